The Morgan fingerprint density at radius 2 is 1.94 bits per heavy atom. The fourth-order valence-electron chi connectivity index (χ4n) is 0.931. The second kappa shape index (κ2) is 6.05. The number of halogens is 2. The van der Waals surface area contributed by atoms with E-state index in [1.54, 1.807) is 18.2 Å². The first-order valence-electron chi connectivity index (χ1n) is 4.15. The van der Waals surface area contributed by atoms with Crippen LogP contribution >= 0.6 is 34.2 Å². The van der Waals surface area contributed by atoms with Gasteiger partial charge >= 0.3 is 0 Å². The SMILES string of the molecule is N#CC(C#N)=NNc1c(Cl)cc(C#N)cc1I. The number of nitrogens with zero attached hydrogens (tertiary/aromatic N) is 4. The lowest BCUT2D eigenvalue weighted by atomic mass is 10.2. The van der Waals surface area contributed by atoms with Gasteiger partial charge in [0.15, 0.2) is 0 Å². The summed E-state index contributed by atoms with van der Waals surface area (Å²) in [4.78, 5) is 0. The minimum atomic E-state index is -0.304. The van der Waals surface area contributed by atoms with Crippen molar-refractivity contribution in [1.82, 2.24) is 0 Å². The Kier molecular flexibility index (Phi) is 4.71. The van der Waals surface area contributed by atoms with Crippen LogP contribution in [0.25, 0.3) is 0 Å². The molecule has 0 aliphatic rings. The molecule has 0 aliphatic heterocycles. The first-order chi connectivity index (χ1) is 8.12. The van der Waals surface area contributed by atoms with E-state index in [0.29, 0.717) is 19.8 Å². The minimum absolute atomic E-state index is 0.299. The molecule has 0 atom stereocenters. The maximum absolute atomic E-state index is 8.73. The Morgan fingerprint density at radius 3 is 2.41 bits per heavy atom. The van der Waals surface area contributed by atoms with E-state index in [9.17, 15) is 0 Å². The average molecular weight is 356 g/mol. The van der Waals surface area contributed by atoms with Crippen molar-refractivity contribution in [2.75, 3.05) is 5.43 Å². The van der Waals surface area contributed by atoms with Gasteiger partial charge < -0.3 is 0 Å². The van der Waals surface area contributed by atoms with Gasteiger partial charge in [-0.2, -0.15) is 20.9 Å². The van der Waals surface area contributed by atoms with Gasteiger partial charge in [-0.3, -0.25) is 5.43 Å². The van der Waals surface area contributed by atoms with Crippen molar-refractivity contribution in [3.05, 3.63) is 26.3 Å². The second-order valence-electron chi connectivity index (χ2n) is 2.72. The predicted molar refractivity (Wildman–Crippen MR) is 71.2 cm³/mol. The summed E-state index contributed by atoms with van der Waals surface area (Å²) >= 11 is 7.90. The lowest BCUT2D eigenvalue weighted by Gasteiger charge is -2.06. The molecule has 0 aromatic heterocycles. The van der Waals surface area contributed by atoms with E-state index in [1.165, 1.54) is 6.07 Å². The van der Waals surface area contributed by atoms with Crippen LogP contribution in [0.4, 0.5) is 5.69 Å². The van der Waals surface area contributed by atoms with Crippen LogP contribution in [0.15, 0.2) is 17.2 Å². The molecule has 5 nitrogen and oxygen atoms in total. The number of benzene rings is 1. The number of hydrogen-bond acceptors (Lipinski definition) is 5. The number of anilines is 1. The van der Waals surface area contributed by atoms with Gasteiger partial charge in [0.25, 0.3) is 0 Å². The molecule has 0 aliphatic carbocycles. The zero-order valence-corrected chi connectivity index (χ0v) is 11.1. The molecule has 0 unspecified atom stereocenters. The fourth-order valence-corrected chi connectivity index (χ4v) is 2.10. The summed E-state index contributed by atoms with van der Waals surface area (Å²) in [6.07, 6.45) is 0. The Bertz CT molecular complexity index is 564. The Labute approximate surface area is 116 Å². The van der Waals surface area contributed by atoms with E-state index in [-0.39, 0.29) is 5.71 Å². The Morgan fingerprint density at radius 1 is 1.29 bits per heavy atom. The van der Waals surface area contributed by atoms with Crippen LogP contribution in [0, 0.1) is 37.6 Å². The molecule has 0 amide bonds. The molecule has 0 radical (unpaired) electrons. The zero-order valence-electron chi connectivity index (χ0n) is 8.20. The molecule has 1 aromatic rings. The lowest BCUT2D eigenvalue weighted by molar-refractivity contribution is 1.32. The summed E-state index contributed by atoms with van der Waals surface area (Å²) in [6, 6.07) is 8.28. The summed E-state index contributed by atoms with van der Waals surface area (Å²) in [5, 5.41) is 29.6. The fraction of sp³-hybridized carbons (Fsp3) is 0. The van der Waals surface area contributed by atoms with Crippen LogP contribution in [0.5, 0.6) is 0 Å². The highest BCUT2D eigenvalue weighted by molar-refractivity contribution is 14.1. The third-order valence-electron chi connectivity index (χ3n) is 1.66. The molecule has 0 spiro atoms. The molecule has 1 rings (SSSR count). The Balaban J connectivity index is 3.11. The van der Waals surface area contributed by atoms with E-state index in [4.69, 9.17) is 27.4 Å². The number of rotatable bonds is 2. The van der Waals surface area contributed by atoms with Crippen LogP contribution in [-0.2, 0) is 0 Å². The van der Waals surface area contributed by atoms with Crippen molar-refractivity contribution in [2.45, 2.75) is 0 Å². The predicted octanol–water partition coefficient (Wildman–Crippen LogP) is 2.63. The monoisotopic (exact) mass is 355 g/mol. The smallest absolute Gasteiger partial charge is 0.237 e. The second-order valence-corrected chi connectivity index (χ2v) is 4.29. The third-order valence-corrected chi connectivity index (χ3v) is 2.81. The van der Waals surface area contributed by atoms with Gasteiger partial charge in [-0.25, -0.2) is 0 Å². The van der Waals surface area contributed by atoms with E-state index in [1.807, 2.05) is 28.7 Å². The average Bonchev–Trinajstić information content (AvgIpc) is 2.32. The normalized spacial score (nSPS) is 8.41. The molecule has 0 saturated heterocycles. The van der Waals surface area contributed by atoms with Crippen molar-refractivity contribution in [2.24, 2.45) is 5.10 Å². The van der Waals surface area contributed by atoms with Gasteiger partial charge in [0.1, 0.15) is 12.1 Å². The number of nitrogens with one attached hydrogen (secondary N) is 1. The maximum Gasteiger partial charge on any atom is 0.237 e. The van der Waals surface area contributed by atoms with Gasteiger partial charge in [-0.1, -0.05) is 11.6 Å². The molecule has 0 saturated carbocycles. The lowest BCUT2D eigenvalue weighted by Crippen LogP contribution is -1.99. The quantitative estimate of drug-likeness (QED) is 0.501. The number of hydrazone groups is 1. The highest BCUT2D eigenvalue weighted by atomic mass is 127. The largest absolute Gasteiger partial charge is 0.274 e. The first-order valence-corrected chi connectivity index (χ1v) is 5.61. The number of nitriles is 3. The zero-order chi connectivity index (χ0) is 12.8. The third kappa shape index (κ3) is 3.32. The highest BCUT2D eigenvalue weighted by Gasteiger charge is 2.07. The summed E-state index contributed by atoms with van der Waals surface area (Å²) < 4.78 is 0.672. The molecular weight excluding hydrogens is 353 g/mol. The van der Waals surface area contributed by atoms with Gasteiger partial charge in [0, 0.05) is 3.57 Å². The maximum atomic E-state index is 8.73. The summed E-state index contributed by atoms with van der Waals surface area (Å²) in [6.45, 7) is 0. The van der Waals surface area contributed by atoms with Crippen molar-refractivity contribution >= 4 is 45.6 Å². The molecule has 0 fully saturated rings. The Hall–Kier alpha value is -1.82. The van der Waals surface area contributed by atoms with Crippen LogP contribution in [-0.4, -0.2) is 5.71 Å². The van der Waals surface area contributed by atoms with Gasteiger partial charge in [0.2, 0.25) is 5.71 Å². The van der Waals surface area contributed by atoms with Gasteiger partial charge in [0.05, 0.1) is 22.3 Å². The van der Waals surface area contributed by atoms with Crippen molar-refractivity contribution in [1.29, 1.82) is 15.8 Å². The van der Waals surface area contributed by atoms with E-state index in [2.05, 4.69) is 10.5 Å². The number of hydrogen-bond donors (Lipinski definition) is 1. The highest BCUT2D eigenvalue weighted by Crippen LogP contribution is 2.29. The standard InChI is InChI=1S/C10H3ClIN5/c11-8-1-6(3-13)2-9(12)10(8)17-16-7(4-14)5-15/h1-2,17H. The molecule has 1 N–H and O–H groups in total. The summed E-state index contributed by atoms with van der Waals surface area (Å²) in [5.74, 6) is 0. The molecule has 82 valence electrons. The van der Waals surface area contributed by atoms with Crippen molar-refractivity contribution in [3.63, 3.8) is 0 Å². The molecule has 7 heteroatoms. The molecule has 0 heterocycles. The van der Waals surface area contributed by atoms with Crippen molar-refractivity contribution < 1.29 is 0 Å². The van der Waals surface area contributed by atoms with Crippen LogP contribution < -0.4 is 5.43 Å². The molecule has 17 heavy (non-hydrogen) atoms. The van der Waals surface area contributed by atoms with E-state index in [0.717, 1.165) is 0 Å². The molecule has 1 aromatic carbocycles. The van der Waals surface area contributed by atoms with Crippen LogP contribution in [0.1, 0.15) is 5.56 Å². The summed E-state index contributed by atoms with van der Waals surface area (Å²) in [7, 11) is 0. The van der Waals surface area contributed by atoms with Crippen LogP contribution in [0.2, 0.25) is 5.02 Å². The van der Waals surface area contributed by atoms with Crippen LogP contribution in [0.3, 0.4) is 0 Å². The van der Waals surface area contributed by atoms with E-state index < -0.39 is 0 Å². The van der Waals surface area contributed by atoms with Crippen molar-refractivity contribution in [3.8, 4) is 18.2 Å². The molecular formula is C10H3ClIN5. The minimum Gasteiger partial charge on any atom is -0.274 e. The van der Waals surface area contributed by atoms with E-state index >= 15 is 0 Å². The van der Waals surface area contributed by atoms with Gasteiger partial charge in [-0.05, 0) is 34.7 Å². The molecule has 0 bridgehead atoms. The van der Waals surface area contributed by atoms with Gasteiger partial charge in [-0.15, -0.1) is 0 Å². The summed E-state index contributed by atoms with van der Waals surface area (Å²) in [5.41, 5.74) is 3.10. The topological polar surface area (TPSA) is 95.8 Å². The first kappa shape index (κ1) is 13.2.